The van der Waals surface area contributed by atoms with Crippen molar-refractivity contribution in [3.63, 3.8) is 0 Å². The lowest BCUT2D eigenvalue weighted by atomic mass is 9.88. The number of rotatable bonds is 6. The van der Waals surface area contributed by atoms with Crippen molar-refractivity contribution in [2.24, 2.45) is 11.8 Å². The molecule has 114 valence electrons. The number of benzene rings is 1. The van der Waals surface area contributed by atoms with Gasteiger partial charge < -0.3 is 5.32 Å². The monoisotopic (exact) mass is 287 g/mol. The molecule has 1 atom stereocenters. The zero-order chi connectivity index (χ0) is 15.3. The topological polar surface area (TPSA) is 12.0 Å². The molecule has 1 rings (SSSR count). The Balaban J connectivity index is 2.69. The van der Waals surface area contributed by atoms with E-state index in [1.54, 1.807) is 12.1 Å². The molecule has 0 heterocycles. The van der Waals surface area contributed by atoms with E-state index in [2.05, 4.69) is 33.0 Å². The highest BCUT2D eigenvalue weighted by atomic mass is 19.4. The van der Waals surface area contributed by atoms with Gasteiger partial charge in [0.1, 0.15) is 0 Å². The lowest BCUT2D eigenvalue weighted by molar-refractivity contribution is -0.137. The molecule has 0 aliphatic rings. The first-order valence-electron chi connectivity index (χ1n) is 7.09. The van der Waals surface area contributed by atoms with Gasteiger partial charge in [0.05, 0.1) is 5.56 Å². The lowest BCUT2D eigenvalue weighted by Crippen LogP contribution is -2.32. The van der Waals surface area contributed by atoms with E-state index in [1.807, 2.05) is 0 Å². The summed E-state index contributed by atoms with van der Waals surface area (Å²) in [7, 11) is 0. The molecule has 1 aromatic carbocycles. The Labute approximate surface area is 119 Å². The van der Waals surface area contributed by atoms with Crippen LogP contribution in [-0.2, 0) is 12.6 Å². The normalized spacial score (nSPS) is 14.1. The Bertz CT molecular complexity index is 393. The quantitative estimate of drug-likeness (QED) is 0.811. The third-order valence-corrected chi connectivity index (χ3v) is 3.51. The van der Waals surface area contributed by atoms with E-state index in [9.17, 15) is 13.2 Å². The summed E-state index contributed by atoms with van der Waals surface area (Å²) in [6, 6.07) is 5.94. The highest BCUT2D eigenvalue weighted by Crippen LogP contribution is 2.29. The summed E-state index contributed by atoms with van der Waals surface area (Å²) in [5, 5.41) is 3.40. The Morgan fingerprint density at radius 3 is 1.95 bits per heavy atom. The number of nitrogens with one attached hydrogen (secondary N) is 1. The first-order chi connectivity index (χ1) is 9.20. The molecule has 0 saturated carbocycles. The molecule has 0 aromatic heterocycles. The molecule has 0 amide bonds. The van der Waals surface area contributed by atoms with Gasteiger partial charge in [-0.05, 0) is 42.5 Å². The maximum absolute atomic E-state index is 12.5. The van der Waals surface area contributed by atoms with E-state index in [4.69, 9.17) is 0 Å². The number of hydrogen-bond acceptors (Lipinski definition) is 1. The molecule has 0 aliphatic carbocycles. The van der Waals surface area contributed by atoms with E-state index < -0.39 is 11.7 Å². The van der Waals surface area contributed by atoms with Gasteiger partial charge in [-0.2, -0.15) is 13.2 Å². The van der Waals surface area contributed by atoms with E-state index in [0.717, 1.165) is 18.5 Å². The van der Waals surface area contributed by atoms with Crippen LogP contribution in [0.5, 0.6) is 0 Å². The van der Waals surface area contributed by atoms with E-state index in [0.29, 0.717) is 17.9 Å². The van der Waals surface area contributed by atoms with Gasteiger partial charge in [0.15, 0.2) is 0 Å². The zero-order valence-electron chi connectivity index (χ0n) is 12.6. The summed E-state index contributed by atoms with van der Waals surface area (Å²) in [6.07, 6.45) is -3.45. The number of alkyl halides is 3. The maximum Gasteiger partial charge on any atom is 0.416 e. The van der Waals surface area contributed by atoms with Crippen LogP contribution in [0.3, 0.4) is 0 Å². The number of hydrogen-bond donors (Lipinski definition) is 1. The average Bonchev–Trinajstić information content (AvgIpc) is 2.33. The Kier molecular flexibility index (Phi) is 6.06. The SMILES string of the molecule is CC(C)NCC(Cc1ccc(C(F)(F)F)cc1)C(C)C. The molecule has 0 saturated heterocycles. The van der Waals surface area contributed by atoms with Crippen molar-refractivity contribution in [1.82, 2.24) is 5.32 Å². The standard InChI is InChI=1S/C16H24F3N/c1-11(2)14(10-20-12(3)4)9-13-5-7-15(8-6-13)16(17,18)19/h5-8,11-12,14,20H,9-10H2,1-4H3. The van der Waals surface area contributed by atoms with E-state index >= 15 is 0 Å². The fourth-order valence-corrected chi connectivity index (χ4v) is 2.06. The molecule has 1 nitrogen and oxygen atoms in total. The predicted octanol–water partition coefficient (Wildman–Crippen LogP) is 4.52. The highest BCUT2D eigenvalue weighted by Gasteiger charge is 2.30. The second kappa shape index (κ2) is 7.11. The summed E-state index contributed by atoms with van der Waals surface area (Å²) in [6.45, 7) is 9.37. The van der Waals surface area contributed by atoms with Crippen molar-refractivity contribution in [1.29, 1.82) is 0 Å². The summed E-state index contributed by atoms with van der Waals surface area (Å²) in [5.74, 6) is 0.915. The van der Waals surface area contributed by atoms with Gasteiger partial charge in [-0.1, -0.05) is 39.8 Å². The molecular weight excluding hydrogens is 263 g/mol. The van der Waals surface area contributed by atoms with Crippen molar-refractivity contribution in [3.8, 4) is 0 Å². The average molecular weight is 287 g/mol. The van der Waals surface area contributed by atoms with Crippen molar-refractivity contribution in [2.45, 2.75) is 46.3 Å². The molecule has 20 heavy (non-hydrogen) atoms. The third-order valence-electron chi connectivity index (χ3n) is 3.51. The van der Waals surface area contributed by atoms with Gasteiger partial charge in [0.2, 0.25) is 0 Å². The summed E-state index contributed by atoms with van der Waals surface area (Å²) in [5.41, 5.74) is 0.380. The van der Waals surface area contributed by atoms with Gasteiger partial charge in [-0.25, -0.2) is 0 Å². The number of halogens is 3. The van der Waals surface area contributed by atoms with Gasteiger partial charge in [-0.15, -0.1) is 0 Å². The van der Waals surface area contributed by atoms with Crippen LogP contribution in [0.1, 0.15) is 38.8 Å². The predicted molar refractivity (Wildman–Crippen MR) is 76.6 cm³/mol. The molecule has 0 aliphatic heterocycles. The van der Waals surface area contributed by atoms with Crippen molar-refractivity contribution in [2.75, 3.05) is 6.54 Å². The molecule has 1 aromatic rings. The van der Waals surface area contributed by atoms with Crippen molar-refractivity contribution in [3.05, 3.63) is 35.4 Å². The van der Waals surface area contributed by atoms with Gasteiger partial charge >= 0.3 is 6.18 Å². The molecule has 1 N–H and O–H groups in total. The molecule has 0 bridgehead atoms. The van der Waals surface area contributed by atoms with Gasteiger partial charge in [0, 0.05) is 6.04 Å². The minimum atomic E-state index is -4.25. The molecule has 1 unspecified atom stereocenters. The van der Waals surface area contributed by atoms with Crippen LogP contribution >= 0.6 is 0 Å². The van der Waals surface area contributed by atoms with Crippen molar-refractivity contribution < 1.29 is 13.2 Å². The van der Waals surface area contributed by atoms with Crippen LogP contribution in [0.2, 0.25) is 0 Å². The van der Waals surface area contributed by atoms with Crippen LogP contribution in [0, 0.1) is 11.8 Å². The van der Waals surface area contributed by atoms with E-state index in [-0.39, 0.29) is 0 Å². The first kappa shape index (κ1) is 17.0. The van der Waals surface area contributed by atoms with Crippen LogP contribution in [0.25, 0.3) is 0 Å². The molecule has 0 fully saturated rings. The summed E-state index contributed by atoms with van der Waals surface area (Å²) >= 11 is 0. The largest absolute Gasteiger partial charge is 0.416 e. The Morgan fingerprint density at radius 2 is 1.55 bits per heavy atom. The summed E-state index contributed by atoms with van der Waals surface area (Å²) < 4.78 is 37.5. The van der Waals surface area contributed by atoms with Crippen LogP contribution in [-0.4, -0.2) is 12.6 Å². The Hall–Kier alpha value is -1.03. The third kappa shape index (κ3) is 5.53. The first-order valence-corrected chi connectivity index (χ1v) is 7.09. The maximum atomic E-state index is 12.5. The molecule has 0 radical (unpaired) electrons. The fourth-order valence-electron chi connectivity index (χ4n) is 2.06. The summed E-state index contributed by atoms with van der Waals surface area (Å²) in [4.78, 5) is 0. The molecular formula is C16H24F3N. The fraction of sp³-hybridized carbons (Fsp3) is 0.625. The minimum absolute atomic E-state index is 0.420. The van der Waals surface area contributed by atoms with Gasteiger partial charge in [0.25, 0.3) is 0 Å². The molecule has 0 spiro atoms. The van der Waals surface area contributed by atoms with Crippen molar-refractivity contribution >= 4 is 0 Å². The van der Waals surface area contributed by atoms with Crippen LogP contribution in [0.15, 0.2) is 24.3 Å². The van der Waals surface area contributed by atoms with Gasteiger partial charge in [-0.3, -0.25) is 0 Å². The second-order valence-electron chi connectivity index (χ2n) is 5.97. The smallest absolute Gasteiger partial charge is 0.314 e. The van der Waals surface area contributed by atoms with E-state index in [1.165, 1.54) is 12.1 Å². The lowest BCUT2D eigenvalue weighted by Gasteiger charge is -2.23. The molecule has 4 heteroatoms. The minimum Gasteiger partial charge on any atom is -0.314 e. The Morgan fingerprint density at radius 1 is 1.00 bits per heavy atom. The van der Waals surface area contributed by atoms with Crippen LogP contribution in [0.4, 0.5) is 13.2 Å². The zero-order valence-corrected chi connectivity index (χ0v) is 12.6. The van der Waals surface area contributed by atoms with Crippen LogP contribution < -0.4 is 5.32 Å². The highest BCUT2D eigenvalue weighted by molar-refractivity contribution is 5.25. The second-order valence-corrected chi connectivity index (χ2v) is 5.97.